The molecule has 0 heterocycles. The van der Waals surface area contributed by atoms with Crippen LogP contribution in [0.3, 0.4) is 0 Å². The van der Waals surface area contributed by atoms with Crippen molar-refractivity contribution in [3.05, 3.63) is 35.4 Å². The van der Waals surface area contributed by atoms with E-state index in [0.717, 1.165) is 5.56 Å². The summed E-state index contributed by atoms with van der Waals surface area (Å²) >= 11 is 0. The Morgan fingerprint density at radius 1 is 1.50 bits per heavy atom. The molecular formula is C9H12N2O. The van der Waals surface area contributed by atoms with Crippen LogP contribution in [0.25, 0.3) is 0 Å². The topological polar surface area (TPSA) is 70.1 Å². The van der Waals surface area contributed by atoms with Crippen molar-refractivity contribution in [1.82, 2.24) is 0 Å². The molecule has 1 atom stereocenters. The Balaban J connectivity index is 3.02. The summed E-state index contributed by atoms with van der Waals surface area (Å²) in [4.78, 5) is 0. The largest absolute Gasteiger partial charge is 0.385 e. The Labute approximate surface area is 71.3 Å². The van der Waals surface area contributed by atoms with Gasteiger partial charge in [-0.3, -0.25) is 5.41 Å². The number of rotatable bonds is 2. The first-order chi connectivity index (χ1) is 5.63. The van der Waals surface area contributed by atoms with Gasteiger partial charge in [0.2, 0.25) is 0 Å². The lowest BCUT2D eigenvalue weighted by molar-refractivity contribution is 0.244. The highest BCUT2D eigenvalue weighted by molar-refractivity contribution is 5.83. The van der Waals surface area contributed by atoms with E-state index in [-0.39, 0.29) is 5.84 Å². The van der Waals surface area contributed by atoms with Gasteiger partial charge in [0.15, 0.2) is 0 Å². The zero-order valence-electron chi connectivity index (χ0n) is 6.91. The van der Waals surface area contributed by atoms with E-state index >= 15 is 0 Å². The van der Waals surface area contributed by atoms with Gasteiger partial charge in [-0.1, -0.05) is 24.3 Å². The third-order valence-corrected chi connectivity index (χ3v) is 1.78. The third kappa shape index (κ3) is 1.62. The summed E-state index contributed by atoms with van der Waals surface area (Å²) in [6.07, 6.45) is -0.966. The maximum absolute atomic E-state index is 9.43. The van der Waals surface area contributed by atoms with Gasteiger partial charge in [-0.15, -0.1) is 0 Å². The summed E-state index contributed by atoms with van der Waals surface area (Å²) in [6.45, 7) is 1.88. The zero-order valence-corrected chi connectivity index (χ0v) is 6.91. The molecule has 1 aromatic carbocycles. The summed E-state index contributed by atoms with van der Waals surface area (Å²) in [5, 5.41) is 16.5. The minimum Gasteiger partial charge on any atom is -0.385 e. The van der Waals surface area contributed by atoms with Crippen molar-refractivity contribution in [2.24, 2.45) is 5.73 Å². The molecular weight excluding hydrogens is 152 g/mol. The van der Waals surface area contributed by atoms with Gasteiger partial charge in [0, 0.05) is 0 Å². The Bertz CT molecular complexity index is 296. The molecule has 0 radical (unpaired) electrons. The molecule has 0 fully saturated rings. The second-order valence-electron chi connectivity index (χ2n) is 2.71. The van der Waals surface area contributed by atoms with E-state index in [2.05, 4.69) is 0 Å². The first-order valence-corrected chi connectivity index (χ1v) is 3.70. The molecule has 0 aliphatic heterocycles. The number of nitrogens with two attached hydrogens (primary N) is 1. The van der Waals surface area contributed by atoms with Crippen LogP contribution in [0.4, 0.5) is 0 Å². The highest BCUT2D eigenvalue weighted by Gasteiger charge is 2.11. The van der Waals surface area contributed by atoms with Crippen LogP contribution in [0.1, 0.15) is 17.2 Å². The third-order valence-electron chi connectivity index (χ3n) is 1.78. The van der Waals surface area contributed by atoms with Crippen LogP contribution in [0.5, 0.6) is 0 Å². The monoisotopic (exact) mass is 164 g/mol. The van der Waals surface area contributed by atoms with Crippen molar-refractivity contribution in [2.45, 2.75) is 13.0 Å². The first-order valence-electron chi connectivity index (χ1n) is 3.70. The minimum atomic E-state index is -0.966. The molecule has 0 saturated carbocycles. The zero-order chi connectivity index (χ0) is 9.14. The summed E-state index contributed by atoms with van der Waals surface area (Å²) in [5.41, 5.74) is 6.81. The van der Waals surface area contributed by atoms with Crippen molar-refractivity contribution in [3.63, 3.8) is 0 Å². The fourth-order valence-corrected chi connectivity index (χ4v) is 1.06. The molecule has 1 unspecified atom stereocenters. The minimum absolute atomic E-state index is 0.218. The Kier molecular flexibility index (Phi) is 2.45. The summed E-state index contributed by atoms with van der Waals surface area (Å²) in [5.74, 6) is -0.218. The average molecular weight is 164 g/mol. The maximum Gasteiger partial charge on any atom is 0.136 e. The average Bonchev–Trinajstić information content (AvgIpc) is 2.04. The van der Waals surface area contributed by atoms with E-state index in [9.17, 15) is 5.11 Å². The number of hydrogen-bond acceptors (Lipinski definition) is 2. The van der Waals surface area contributed by atoms with Gasteiger partial charge in [0.25, 0.3) is 0 Å². The molecule has 0 aromatic heterocycles. The van der Waals surface area contributed by atoms with Crippen LogP contribution in [-0.4, -0.2) is 10.9 Å². The highest BCUT2D eigenvalue weighted by atomic mass is 16.3. The van der Waals surface area contributed by atoms with Crippen LogP contribution in [0, 0.1) is 12.3 Å². The van der Waals surface area contributed by atoms with Crippen LogP contribution in [-0.2, 0) is 0 Å². The van der Waals surface area contributed by atoms with Crippen LogP contribution in [0.15, 0.2) is 24.3 Å². The van der Waals surface area contributed by atoms with E-state index in [4.69, 9.17) is 11.1 Å². The molecule has 0 aliphatic carbocycles. The number of aliphatic hydroxyl groups excluding tert-OH is 1. The molecule has 4 N–H and O–H groups in total. The lowest BCUT2D eigenvalue weighted by Crippen LogP contribution is -2.20. The number of amidine groups is 1. The fourth-order valence-electron chi connectivity index (χ4n) is 1.06. The van der Waals surface area contributed by atoms with Crippen molar-refractivity contribution in [1.29, 1.82) is 5.41 Å². The van der Waals surface area contributed by atoms with Gasteiger partial charge < -0.3 is 10.8 Å². The fraction of sp³-hybridized carbons (Fsp3) is 0.222. The Morgan fingerprint density at radius 2 is 2.08 bits per heavy atom. The maximum atomic E-state index is 9.43. The van der Waals surface area contributed by atoms with Crippen molar-refractivity contribution < 1.29 is 5.11 Å². The SMILES string of the molecule is Cc1ccccc1C(O)C(=N)N. The molecule has 1 aromatic rings. The Morgan fingerprint density at radius 3 is 2.58 bits per heavy atom. The number of aliphatic hydroxyl groups is 1. The number of hydrogen-bond donors (Lipinski definition) is 3. The van der Waals surface area contributed by atoms with Crippen molar-refractivity contribution in [2.75, 3.05) is 0 Å². The van der Waals surface area contributed by atoms with Gasteiger partial charge in [-0.25, -0.2) is 0 Å². The Hall–Kier alpha value is -1.35. The smallest absolute Gasteiger partial charge is 0.136 e. The lowest BCUT2D eigenvalue weighted by Gasteiger charge is -2.10. The molecule has 12 heavy (non-hydrogen) atoms. The van der Waals surface area contributed by atoms with E-state index in [1.807, 2.05) is 25.1 Å². The predicted octanol–water partition coefficient (Wildman–Crippen LogP) is 0.964. The first kappa shape index (κ1) is 8.74. The van der Waals surface area contributed by atoms with Gasteiger partial charge in [-0.05, 0) is 18.1 Å². The van der Waals surface area contributed by atoms with Crippen LogP contribution < -0.4 is 5.73 Å². The molecule has 0 spiro atoms. The van der Waals surface area contributed by atoms with E-state index in [1.165, 1.54) is 0 Å². The predicted molar refractivity (Wildman–Crippen MR) is 48.1 cm³/mol. The van der Waals surface area contributed by atoms with Crippen molar-refractivity contribution >= 4 is 5.84 Å². The molecule has 1 rings (SSSR count). The van der Waals surface area contributed by atoms with Crippen molar-refractivity contribution in [3.8, 4) is 0 Å². The second kappa shape index (κ2) is 3.36. The quantitative estimate of drug-likeness (QED) is 0.450. The van der Waals surface area contributed by atoms with Gasteiger partial charge in [0.05, 0.1) is 0 Å². The van der Waals surface area contributed by atoms with E-state index in [0.29, 0.717) is 5.56 Å². The molecule has 64 valence electrons. The molecule has 0 amide bonds. The lowest BCUT2D eigenvalue weighted by atomic mass is 10.0. The van der Waals surface area contributed by atoms with Crippen LogP contribution in [0.2, 0.25) is 0 Å². The van der Waals surface area contributed by atoms with E-state index < -0.39 is 6.10 Å². The van der Waals surface area contributed by atoms with E-state index in [1.54, 1.807) is 6.07 Å². The van der Waals surface area contributed by atoms with Gasteiger partial charge in [0.1, 0.15) is 11.9 Å². The number of nitrogens with one attached hydrogen (secondary N) is 1. The van der Waals surface area contributed by atoms with Gasteiger partial charge in [-0.2, -0.15) is 0 Å². The molecule has 0 bridgehead atoms. The summed E-state index contributed by atoms with van der Waals surface area (Å²) in [7, 11) is 0. The van der Waals surface area contributed by atoms with Crippen LogP contribution >= 0.6 is 0 Å². The second-order valence-corrected chi connectivity index (χ2v) is 2.71. The standard InChI is InChI=1S/C9H12N2O/c1-6-4-2-3-5-7(6)8(12)9(10)11/h2-5,8,12H,1H3,(H3,10,11). The summed E-state index contributed by atoms with van der Waals surface area (Å²) < 4.78 is 0. The highest BCUT2D eigenvalue weighted by Crippen LogP contribution is 2.16. The molecule has 3 heteroatoms. The van der Waals surface area contributed by atoms with Gasteiger partial charge >= 0.3 is 0 Å². The molecule has 0 aliphatic rings. The molecule has 0 saturated heterocycles. The number of benzene rings is 1. The summed E-state index contributed by atoms with van der Waals surface area (Å²) in [6, 6.07) is 7.34. The number of aryl methyl sites for hydroxylation is 1. The normalized spacial score (nSPS) is 12.5. The molecule has 3 nitrogen and oxygen atoms in total.